The number of hydrogen-bond donors (Lipinski definition) is 1. The van der Waals surface area contributed by atoms with Crippen LogP contribution in [0.15, 0.2) is 24.3 Å². The molecule has 1 atom stereocenters. The topological polar surface area (TPSA) is 44.5 Å². The minimum absolute atomic E-state index is 0.0997. The third-order valence-electron chi connectivity index (χ3n) is 2.85. The molecule has 3 nitrogen and oxygen atoms in total. The maximum atomic E-state index is 5.73. The van der Waals surface area contributed by atoms with E-state index in [1.165, 1.54) is 11.1 Å². The third-order valence-corrected chi connectivity index (χ3v) is 2.85. The van der Waals surface area contributed by atoms with E-state index in [0.29, 0.717) is 13.2 Å². The molecule has 88 valence electrons. The zero-order valence-electron chi connectivity index (χ0n) is 9.52. The summed E-state index contributed by atoms with van der Waals surface area (Å²) in [6.45, 7) is 2.83. The fourth-order valence-electron chi connectivity index (χ4n) is 1.99. The lowest BCUT2D eigenvalue weighted by Crippen LogP contribution is -2.21. The molecule has 0 spiro atoms. The average molecular weight is 221 g/mol. The van der Waals surface area contributed by atoms with Crippen molar-refractivity contribution in [1.82, 2.24) is 0 Å². The van der Waals surface area contributed by atoms with Crippen LogP contribution in [0.2, 0.25) is 0 Å². The smallest absolute Gasteiger partial charge is 0.106 e. The number of ether oxygens (including phenoxy) is 2. The molecule has 0 fully saturated rings. The SMILES string of the molecule is NCCCOCC1OCCc2ccccc21. The van der Waals surface area contributed by atoms with Crippen LogP contribution in [0.4, 0.5) is 0 Å². The van der Waals surface area contributed by atoms with Crippen molar-refractivity contribution < 1.29 is 9.47 Å². The van der Waals surface area contributed by atoms with Crippen LogP contribution in [0, 0.1) is 0 Å². The second-order valence-electron chi connectivity index (χ2n) is 4.03. The molecule has 0 radical (unpaired) electrons. The summed E-state index contributed by atoms with van der Waals surface area (Å²) in [6, 6.07) is 8.44. The van der Waals surface area contributed by atoms with E-state index in [9.17, 15) is 0 Å². The van der Waals surface area contributed by atoms with E-state index in [-0.39, 0.29) is 6.10 Å². The van der Waals surface area contributed by atoms with E-state index in [4.69, 9.17) is 15.2 Å². The summed E-state index contributed by atoms with van der Waals surface area (Å²) in [7, 11) is 0. The van der Waals surface area contributed by atoms with Crippen molar-refractivity contribution in [2.75, 3.05) is 26.4 Å². The molecule has 0 aliphatic carbocycles. The van der Waals surface area contributed by atoms with Crippen molar-refractivity contribution in [2.45, 2.75) is 18.9 Å². The number of fused-ring (bicyclic) bond motifs is 1. The van der Waals surface area contributed by atoms with Crippen molar-refractivity contribution in [2.24, 2.45) is 5.73 Å². The normalized spacial score (nSPS) is 19.4. The Bertz CT molecular complexity index is 327. The number of nitrogens with two attached hydrogens (primary N) is 1. The minimum atomic E-state index is 0.0997. The van der Waals surface area contributed by atoms with Crippen molar-refractivity contribution >= 4 is 0 Å². The van der Waals surface area contributed by atoms with E-state index >= 15 is 0 Å². The second-order valence-corrected chi connectivity index (χ2v) is 4.03. The maximum Gasteiger partial charge on any atom is 0.106 e. The summed E-state index contributed by atoms with van der Waals surface area (Å²) < 4.78 is 11.3. The zero-order valence-corrected chi connectivity index (χ0v) is 9.52. The first-order valence-corrected chi connectivity index (χ1v) is 5.89. The van der Waals surface area contributed by atoms with Gasteiger partial charge in [-0.1, -0.05) is 24.3 Å². The van der Waals surface area contributed by atoms with E-state index in [1.807, 2.05) is 0 Å². The van der Waals surface area contributed by atoms with E-state index < -0.39 is 0 Å². The molecule has 1 aliphatic heterocycles. The molecular formula is C13H19NO2. The van der Waals surface area contributed by atoms with Gasteiger partial charge < -0.3 is 15.2 Å². The first-order chi connectivity index (χ1) is 7.92. The molecule has 1 aromatic rings. The Hall–Kier alpha value is -0.900. The molecule has 3 heteroatoms. The van der Waals surface area contributed by atoms with Crippen LogP contribution in [-0.4, -0.2) is 26.4 Å². The van der Waals surface area contributed by atoms with Gasteiger partial charge in [0, 0.05) is 6.61 Å². The van der Waals surface area contributed by atoms with E-state index in [1.54, 1.807) is 0 Å². The van der Waals surface area contributed by atoms with Crippen LogP contribution < -0.4 is 5.73 Å². The molecular weight excluding hydrogens is 202 g/mol. The summed E-state index contributed by atoms with van der Waals surface area (Å²) in [5.74, 6) is 0. The fraction of sp³-hybridized carbons (Fsp3) is 0.538. The van der Waals surface area contributed by atoms with Gasteiger partial charge in [0.15, 0.2) is 0 Å². The summed E-state index contributed by atoms with van der Waals surface area (Å²) >= 11 is 0. The van der Waals surface area contributed by atoms with Crippen LogP contribution in [-0.2, 0) is 15.9 Å². The van der Waals surface area contributed by atoms with Crippen molar-refractivity contribution in [3.63, 3.8) is 0 Å². The van der Waals surface area contributed by atoms with Crippen LogP contribution in [0.5, 0.6) is 0 Å². The van der Waals surface area contributed by atoms with E-state index in [0.717, 1.165) is 26.1 Å². The molecule has 0 aromatic heterocycles. The van der Waals surface area contributed by atoms with Gasteiger partial charge >= 0.3 is 0 Å². The van der Waals surface area contributed by atoms with Gasteiger partial charge in [-0.2, -0.15) is 0 Å². The second kappa shape index (κ2) is 5.99. The fourth-order valence-corrected chi connectivity index (χ4v) is 1.99. The van der Waals surface area contributed by atoms with Gasteiger partial charge in [0.25, 0.3) is 0 Å². The Morgan fingerprint density at radius 3 is 3.12 bits per heavy atom. The third kappa shape index (κ3) is 2.82. The first kappa shape index (κ1) is 11.6. The zero-order chi connectivity index (χ0) is 11.2. The van der Waals surface area contributed by atoms with Gasteiger partial charge in [0.2, 0.25) is 0 Å². The summed E-state index contributed by atoms with van der Waals surface area (Å²) in [5, 5.41) is 0. The number of benzene rings is 1. The molecule has 2 N–H and O–H groups in total. The summed E-state index contributed by atoms with van der Waals surface area (Å²) in [5.41, 5.74) is 8.08. The lowest BCUT2D eigenvalue weighted by Gasteiger charge is -2.25. The molecule has 0 bridgehead atoms. The monoisotopic (exact) mass is 221 g/mol. The number of hydrogen-bond acceptors (Lipinski definition) is 3. The quantitative estimate of drug-likeness (QED) is 0.769. The summed E-state index contributed by atoms with van der Waals surface area (Å²) in [4.78, 5) is 0. The van der Waals surface area contributed by atoms with Crippen LogP contribution in [0.1, 0.15) is 23.7 Å². The maximum absolute atomic E-state index is 5.73. The highest BCUT2D eigenvalue weighted by molar-refractivity contribution is 5.30. The Balaban J connectivity index is 1.91. The predicted molar refractivity (Wildman–Crippen MR) is 63.3 cm³/mol. The van der Waals surface area contributed by atoms with Gasteiger partial charge in [-0.3, -0.25) is 0 Å². The lowest BCUT2D eigenvalue weighted by atomic mass is 9.98. The van der Waals surface area contributed by atoms with Gasteiger partial charge in [-0.05, 0) is 30.5 Å². The molecule has 2 rings (SSSR count). The van der Waals surface area contributed by atoms with Gasteiger partial charge in [-0.25, -0.2) is 0 Å². The molecule has 1 unspecified atom stereocenters. The Morgan fingerprint density at radius 2 is 2.25 bits per heavy atom. The van der Waals surface area contributed by atoms with E-state index in [2.05, 4.69) is 24.3 Å². The summed E-state index contributed by atoms with van der Waals surface area (Å²) in [6.07, 6.45) is 2.02. The Kier molecular flexibility index (Phi) is 4.34. The molecule has 0 amide bonds. The molecule has 1 heterocycles. The Labute approximate surface area is 96.5 Å². The minimum Gasteiger partial charge on any atom is -0.378 e. The molecule has 16 heavy (non-hydrogen) atoms. The average Bonchev–Trinajstić information content (AvgIpc) is 2.35. The van der Waals surface area contributed by atoms with Gasteiger partial charge in [-0.15, -0.1) is 0 Å². The van der Waals surface area contributed by atoms with Gasteiger partial charge in [0.05, 0.1) is 13.2 Å². The van der Waals surface area contributed by atoms with Crippen LogP contribution >= 0.6 is 0 Å². The van der Waals surface area contributed by atoms with Crippen molar-refractivity contribution in [3.05, 3.63) is 35.4 Å². The molecule has 0 saturated heterocycles. The highest BCUT2D eigenvalue weighted by Crippen LogP contribution is 2.26. The molecule has 1 aromatic carbocycles. The van der Waals surface area contributed by atoms with Crippen molar-refractivity contribution in [3.8, 4) is 0 Å². The molecule has 1 aliphatic rings. The first-order valence-electron chi connectivity index (χ1n) is 5.89. The van der Waals surface area contributed by atoms with Gasteiger partial charge in [0.1, 0.15) is 6.10 Å². The molecule has 0 saturated carbocycles. The highest BCUT2D eigenvalue weighted by Gasteiger charge is 2.20. The highest BCUT2D eigenvalue weighted by atomic mass is 16.5. The largest absolute Gasteiger partial charge is 0.378 e. The Morgan fingerprint density at radius 1 is 1.38 bits per heavy atom. The lowest BCUT2D eigenvalue weighted by molar-refractivity contribution is -0.0251. The van der Waals surface area contributed by atoms with Crippen molar-refractivity contribution in [1.29, 1.82) is 0 Å². The number of rotatable bonds is 5. The predicted octanol–water partition coefficient (Wildman–Crippen LogP) is 1.67. The standard InChI is InChI=1S/C13H19NO2/c14-7-3-8-15-10-13-12-5-2-1-4-11(12)6-9-16-13/h1-2,4-5,13H,3,6-10,14H2. The van der Waals surface area contributed by atoms with Crippen LogP contribution in [0.3, 0.4) is 0 Å². The van der Waals surface area contributed by atoms with Crippen LogP contribution in [0.25, 0.3) is 0 Å².